The molecule has 2 aliphatic heterocycles. The maximum Gasteiger partial charge on any atom is 0.324 e. The summed E-state index contributed by atoms with van der Waals surface area (Å²) in [5, 5.41) is 0. The molecule has 1 fully saturated rings. The molecule has 1 aromatic rings. The smallest absolute Gasteiger partial charge is 0.324 e. The number of benzene rings is 1. The number of hydrogen-bond donors (Lipinski definition) is 0. The number of anilines is 1. The van der Waals surface area contributed by atoms with Gasteiger partial charge in [-0.3, -0.25) is 9.59 Å². The van der Waals surface area contributed by atoms with Crippen molar-refractivity contribution in [1.29, 1.82) is 0 Å². The number of fused-ring (bicyclic) bond motifs is 2. The summed E-state index contributed by atoms with van der Waals surface area (Å²) in [6.45, 7) is 7.01. The van der Waals surface area contributed by atoms with E-state index in [-0.39, 0.29) is 11.9 Å². The Bertz CT molecular complexity index is 780. The second-order valence-electron chi connectivity index (χ2n) is 8.47. The van der Waals surface area contributed by atoms with Gasteiger partial charge in [-0.15, -0.1) is 0 Å². The van der Waals surface area contributed by atoms with Crippen molar-refractivity contribution in [3.63, 3.8) is 0 Å². The van der Waals surface area contributed by atoms with Gasteiger partial charge in [0.2, 0.25) is 5.91 Å². The number of hydrogen-bond acceptors (Lipinski definition) is 5. The molecule has 0 N–H and O–H groups in total. The van der Waals surface area contributed by atoms with Crippen LogP contribution in [0.25, 0.3) is 0 Å². The van der Waals surface area contributed by atoms with Crippen molar-refractivity contribution in [2.24, 2.45) is 0 Å². The summed E-state index contributed by atoms with van der Waals surface area (Å²) in [7, 11) is 3.41. The highest BCUT2D eigenvalue weighted by atomic mass is 79.9. The van der Waals surface area contributed by atoms with Gasteiger partial charge in [0.05, 0.1) is 17.7 Å². The van der Waals surface area contributed by atoms with Gasteiger partial charge >= 0.3 is 5.97 Å². The maximum absolute atomic E-state index is 13.3. The average molecular weight is 454 g/mol. The highest BCUT2D eigenvalue weighted by Gasteiger charge is 2.52. The molecular weight excluding hydrogens is 426 g/mol. The molecule has 1 aromatic carbocycles. The largest absolute Gasteiger partial charge is 0.459 e. The molecule has 0 radical (unpaired) electrons. The maximum atomic E-state index is 13.3. The molecule has 7 heteroatoms. The molecule has 1 atom stereocenters. The standard InChI is InChI=1S/C21H28BrNO5/c1-20(2,3)28-18(24)16(22)14-10-13(12-26-5)11-15-17(14)23(4)19(25)21(15)6-8-27-9-7-21/h10-11,16H,6-9,12H2,1-5H3. The molecule has 0 saturated carbocycles. The number of alkyl halides is 1. The topological polar surface area (TPSA) is 65.1 Å². The Balaban J connectivity index is 2.13. The lowest BCUT2D eigenvalue weighted by Crippen LogP contribution is -2.42. The van der Waals surface area contributed by atoms with E-state index in [2.05, 4.69) is 15.9 Å². The number of ether oxygens (including phenoxy) is 3. The van der Waals surface area contributed by atoms with Crippen molar-refractivity contribution in [2.45, 2.75) is 56.1 Å². The van der Waals surface area contributed by atoms with E-state index in [1.165, 1.54) is 0 Å². The Morgan fingerprint density at radius 1 is 1.32 bits per heavy atom. The highest BCUT2D eigenvalue weighted by molar-refractivity contribution is 9.09. The van der Waals surface area contributed by atoms with Crippen LogP contribution in [0.4, 0.5) is 5.69 Å². The first-order chi connectivity index (χ1) is 13.1. The third kappa shape index (κ3) is 3.72. The van der Waals surface area contributed by atoms with E-state index in [9.17, 15) is 9.59 Å². The zero-order valence-corrected chi connectivity index (χ0v) is 18.7. The van der Waals surface area contributed by atoms with Crippen LogP contribution in [0.5, 0.6) is 0 Å². The van der Waals surface area contributed by atoms with E-state index in [1.807, 2.05) is 32.9 Å². The summed E-state index contributed by atoms with van der Waals surface area (Å²) < 4.78 is 16.4. The van der Waals surface area contributed by atoms with Gasteiger partial charge in [-0.05, 0) is 50.8 Å². The van der Waals surface area contributed by atoms with Gasteiger partial charge < -0.3 is 19.1 Å². The minimum atomic E-state index is -0.678. The first-order valence-electron chi connectivity index (χ1n) is 9.50. The number of likely N-dealkylation sites (N-methyl/N-ethyl adjacent to an activating group) is 1. The molecule has 28 heavy (non-hydrogen) atoms. The molecule has 154 valence electrons. The van der Waals surface area contributed by atoms with Crippen LogP contribution in [0.1, 0.15) is 55.1 Å². The number of nitrogens with zero attached hydrogens (tertiary/aromatic N) is 1. The van der Waals surface area contributed by atoms with Crippen LogP contribution in [0.15, 0.2) is 12.1 Å². The summed E-state index contributed by atoms with van der Waals surface area (Å²) in [5.41, 5.74) is 2.22. The number of methoxy groups -OCH3 is 1. The van der Waals surface area contributed by atoms with Crippen LogP contribution in [0.2, 0.25) is 0 Å². The third-order valence-electron chi connectivity index (χ3n) is 5.31. The zero-order chi connectivity index (χ0) is 20.7. The van der Waals surface area contributed by atoms with Crippen molar-refractivity contribution in [3.05, 3.63) is 28.8 Å². The fourth-order valence-corrected chi connectivity index (χ4v) is 4.57. The summed E-state index contributed by atoms with van der Waals surface area (Å²) in [5.74, 6) is -0.316. The average Bonchev–Trinajstić information content (AvgIpc) is 2.83. The van der Waals surface area contributed by atoms with Crippen LogP contribution < -0.4 is 4.90 Å². The van der Waals surface area contributed by atoms with Gasteiger partial charge in [-0.25, -0.2) is 0 Å². The van der Waals surface area contributed by atoms with Crippen LogP contribution in [0.3, 0.4) is 0 Å². The molecule has 3 rings (SSSR count). The number of amides is 1. The lowest BCUT2D eigenvalue weighted by molar-refractivity contribution is -0.154. The minimum absolute atomic E-state index is 0.0607. The van der Waals surface area contributed by atoms with E-state index in [1.54, 1.807) is 19.1 Å². The van der Waals surface area contributed by atoms with E-state index in [4.69, 9.17) is 14.2 Å². The summed E-state index contributed by atoms with van der Waals surface area (Å²) in [6.07, 6.45) is 1.27. The molecule has 2 heterocycles. The quantitative estimate of drug-likeness (QED) is 0.514. The van der Waals surface area contributed by atoms with Gasteiger partial charge in [-0.2, -0.15) is 0 Å². The summed E-state index contributed by atoms with van der Waals surface area (Å²) in [6, 6.07) is 3.97. The number of esters is 1. The Hall–Kier alpha value is -1.44. The SMILES string of the molecule is COCc1cc(C(Br)C(=O)OC(C)(C)C)c2c(c1)C1(CCOCC1)C(=O)N2C. The normalized spacial score (nSPS) is 19.6. The number of rotatable bonds is 4. The lowest BCUT2D eigenvalue weighted by Gasteiger charge is -2.32. The van der Waals surface area contributed by atoms with Gasteiger partial charge in [0.1, 0.15) is 10.4 Å². The van der Waals surface area contributed by atoms with Crippen LogP contribution >= 0.6 is 15.9 Å². The monoisotopic (exact) mass is 453 g/mol. The van der Waals surface area contributed by atoms with Gasteiger partial charge in [0.25, 0.3) is 0 Å². The number of carbonyl (C=O) groups excluding carboxylic acids is 2. The van der Waals surface area contributed by atoms with E-state index < -0.39 is 15.8 Å². The Morgan fingerprint density at radius 3 is 2.54 bits per heavy atom. The zero-order valence-electron chi connectivity index (χ0n) is 17.1. The molecule has 2 aliphatic rings. The van der Waals surface area contributed by atoms with Gasteiger partial charge in [0, 0.05) is 32.9 Å². The van der Waals surface area contributed by atoms with E-state index in [0.717, 1.165) is 22.4 Å². The number of carbonyl (C=O) groups is 2. The van der Waals surface area contributed by atoms with Crippen LogP contribution in [-0.2, 0) is 35.8 Å². The van der Waals surface area contributed by atoms with Crippen LogP contribution in [-0.4, -0.2) is 44.8 Å². The Morgan fingerprint density at radius 2 is 1.96 bits per heavy atom. The fourth-order valence-electron chi connectivity index (χ4n) is 4.12. The molecule has 1 saturated heterocycles. The summed E-state index contributed by atoms with van der Waals surface area (Å²) >= 11 is 3.52. The van der Waals surface area contributed by atoms with E-state index in [0.29, 0.717) is 32.7 Å². The molecule has 1 amide bonds. The first kappa shape index (κ1) is 21.3. The second-order valence-corrected chi connectivity index (χ2v) is 9.38. The Kier molecular flexibility index (Phi) is 5.90. The first-order valence-corrected chi connectivity index (χ1v) is 10.4. The van der Waals surface area contributed by atoms with Crippen LogP contribution in [0, 0.1) is 0 Å². The highest BCUT2D eigenvalue weighted by Crippen LogP contribution is 2.51. The predicted molar refractivity (Wildman–Crippen MR) is 110 cm³/mol. The van der Waals surface area contributed by atoms with Crippen molar-refractivity contribution in [2.75, 3.05) is 32.3 Å². The van der Waals surface area contributed by atoms with Crippen molar-refractivity contribution in [1.82, 2.24) is 0 Å². The Labute approximate surface area is 174 Å². The predicted octanol–water partition coefficient (Wildman–Crippen LogP) is 3.64. The van der Waals surface area contributed by atoms with Crippen molar-refractivity contribution < 1.29 is 23.8 Å². The number of halogens is 1. The van der Waals surface area contributed by atoms with Gasteiger partial charge in [-0.1, -0.05) is 22.0 Å². The lowest BCUT2D eigenvalue weighted by atomic mass is 9.74. The molecule has 6 nitrogen and oxygen atoms in total. The minimum Gasteiger partial charge on any atom is -0.459 e. The van der Waals surface area contributed by atoms with Crippen molar-refractivity contribution >= 4 is 33.5 Å². The third-order valence-corrected chi connectivity index (χ3v) is 6.18. The molecule has 0 aliphatic carbocycles. The van der Waals surface area contributed by atoms with Crippen molar-refractivity contribution in [3.8, 4) is 0 Å². The van der Waals surface area contributed by atoms with E-state index >= 15 is 0 Å². The molecule has 0 aromatic heterocycles. The molecule has 0 bridgehead atoms. The molecule has 1 unspecified atom stereocenters. The fraction of sp³-hybridized carbons (Fsp3) is 0.619. The van der Waals surface area contributed by atoms with Gasteiger partial charge in [0.15, 0.2) is 0 Å². The summed E-state index contributed by atoms with van der Waals surface area (Å²) in [4.78, 5) is 27.1. The molecular formula is C21H28BrNO5. The second kappa shape index (κ2) is 7.76. The molecule has 1 spiro atoms.